The van der Waals surface area contributed by atoms with Crippen LogP contribution >= 0.6 is 0 Å². The third-order valence-electron chi connectivity index (χ3n) is 5.98. The van der Waals surface area contributed by atoms with E-state index in [2.05, 4.69) is 15.3 Å². The van der Waals surface area contributed by atoms with Crippen LogP contribution in [0.15, 0.2) is 36.4 Å². The first-order valence-corrected chi connectivity index (χ1v) is 10.5. The van der Waals surface area contributed by atoms with Crippen molar-refractivity contribution in [3.8, 4) is 0 Å². The zero-order valence-corrected chi connectivity index (χ0v) is 17.3. The summed E-state index contributed by atoms with van der Waals surface area (Å²) in [5.41, 5.74) is 2.35. The van der Waals surface area contributed by atoms with Crippen molar-refractivity contribution in [3.05, 3.63) is 53.3 Å². The molecular weight excluding hydrogens is 380 g/mol. The summed E-state index contributed by atoms with van der Waals surface area (Å²) in [6.07, 6.45) is 3.57. The summed E-state index contributed by atoms with van der Waals surface area (Å²) >= 11 is 0. The Bertz CT molecular complexity index is 931. The van der Waals surface area contributed by atoms with Gasteiger partial charge in [0.05, 0.1) is 11.8 Å². The lowest BCUT2D eigenvalue weighted by molar-refractivity contribution is -0.146. The number of amides is 3. The average Bonchev–Trinajstić information content (AvgIpc) is 2.97. The molecule has 3 amide bonds. The highest BCUT2D eigenvalue weighted by molar-refractivity contribution is 6.09. The molecule has 1 aromatic carbocycles. The van der Waals surface area contributed by atoms with E-state index in [1.54, 1.807) is 0 Å². The van der Waals surface area contributed by atoms with Crippen LogP contribution in [0.4, 0.5) is 5.95 Å². The molecule has 2 aliphatic rings. The van der Waals surface area contributed by atoms with Crippen molar-refractivity contribution in [1.82, 2.24) is 14.9 Å². The van der Waals surface area contributed by atoms with Crippen molar-refractivity contribution in [2.24, 2.45) is 11.8 Å². The van der Waals surface area contributed by atoms with Crippen LogP contribution in [0.3, 0.4) is 0 Å². The van der Waals surface area contributed by atoms with Crippen LogP contribution < -0.4 is 5.32 Å². The maximum atomic E-state index is 13.3. The predicted molar refractivity (Wildman–Crippen MR) is 111 cm³/mol. The van der Waals surface area contributed by atoms with Crippen molar-refractivity contribution in [2.75, 3.05) is 5.32 Å². The molecule has 1 saturated heterocycles. The number of nitrogens with one attached hydrogen (secondary N) is 1. The Hall–Kier alpha value is -3.09. The molecule has 2 aromatic rings. The number of carbonyl (C=O) groups excluding carboxylic acids is 3. The van der Waals surface area contributed by atoms with E-state index in [-0.39, 0.29) is 36.0 Å². The molecule has 0 spiro atoms. The number of carbonyl (C=O) groups is 3. The molecule has 2 heterocycles. The first-order chi connectivity index (χ1) is 14.4. The fourth-order valence-corrected chi connectivity index (χ4v) is 4.61. The Balaban J connectivity index is 1.64. The zero-order chi connectivity index (χ0) is 21.3. The Morgan fingerprint density at radius 2 is 1.60 bits per heavy atom. The number of benzene rings is 1. The number of aryl methyl sites for hydroxylation is 2. The summed E-state index contributed by atoms with van der Waals surface area (Å²) in [7, 11) is 0. The van der Waals surface area contributed by atoms with Gasteiger partial charge in [0.15, 0.2) is 0 Å². The Morgan fingerprint density at radius 1 is 1.03 bits per heavy atom. The normalized spacial score (nSPS) is 22.0. The maximum absolute atomic E-state index is 13.3. The number of aromatic nitrogens is 2. The molecule has 4 rings (SSSR count). The van der Waals surface area contributed by atoms with Gasteiger partial charge in [-0.1, -0.05) is 43.2 Å². The van der Waals surface area contributed by atoms with Crippen molar-refractivity contribution < 1.29 is 14.4 Å². The van der Waals surface area contributed by atoms with Crippen molar-refractivity contribution in [1.29, 1.82) is 0 Å². The summed E-state index contributed by atoms with van der Waals surface area (Å²) in [5, 5.41) is 2.74. The number of anilines is 1. The van der Waals surface area contributed by atoms with Gasteiger partial charge in [-0.05, 0) is 38.3 Å². The first-order valence-electron chi connectivity index (χ1n) is 10.5. The lowest BCUT2D eigenvalue weighted by Gasteiger charge is -2.26. The second-order valence-corrected chi connectivity index (χ2v) is 8.21. The topological polar surface area (TPSA) is 92.3 Å². The van der Waals surface area contributed by atoms with Gasteiger partial charge in [0.1, 0.15) is 6.04 Å². The molecule has 7 heteroatoms. The lowest BCUT2D eigenvalue weighted by Crippen LogP contribution is -2.49. The van der Waals surface area contributed by atoms with Crippen molar-refractivity contribution >= 4 is 23.7 Å². The second kappa shape index (κ2) is 8.34. The first kappa shape index (κ1) is 20.2. The van der Waals surface area contributed by atoms with E-state index in [9.17, 15) is 14.4 Å². The largest absolute Gasteiger partial charge is 0.293 e. The van der Waals surface area contributed by atoms with Gasteiger partial charge in [0.2, 0.25) is 23.7 Å². The highest BCUT2D eigenvalue weighted by Crippen LogP contribution is 2.39. The van der Waals surface area contributed by atoms with Gasteiger partial charge in [-0.15, -0.1) is 0 Å². The van der Waals surface area contributed by atoms with Crippen LogP contribution in [0, 0.1) is 25.7 Å². The molecule has 1 aromatic heterocycles. The molecule has 7 nitrogen and oxygen atoms in total. The number of hydrogen-bond acceptors (Lipinski definition) is 5. The number of rotatable bonds is 5. The smallest absolute Gasteiger partial charge is 0.250 e. The molecule has 1 N–H and O–H groups in total. The molecule has 1 saturated carbocycles. The van der Waals surface area contributed by atoms with Crippen LogP contribution in [-0.2, 0) is 20.8 Å². The van der Waals surface area contributed by atoms with Crippen molar-refractivity contribution in [3.63, 3.8) is 0 Å². The SMILES string of the molecule is Cc1cc(C)nc(NC(=O)[C@H](Cc2ccccc2)N2C(=O)[C@H]3CCCC[C@@H]3C2=O)n1. The Kier molecular flexibility index (Phi) is 5.61. The number of imide groups is 1. The number of likely N-dealkylation sites (tertiary alicyclic amines) is 1. The highest BCUT2D eigenvalue weighted by atomic mass is 16.2. The molecule has 3 atom stereocenters. The van der Waals surface area contributed by atoms with E-state index in [0.29, 0.717) is 12.8 Å². The number of nitrogens with zero attached hydrogens (tertiary/aromatic N) is 3. The minimum atomic E-state index is -0.928. The standard InChI is InChI=1S/C23H26N4O3/c1-14-12-15(2)25-23(24-14)26-20(28)19(13-16-8-4-3-5-9-16)27-21(29)17-10-6-7-11-18(17)22(27)30/h3-5,8-9,12,17-19H,6-7,10-11,13H2,1-2H3,(H,24,25,26,28)/t17-,18-,19-/m0/s1. The van der Waals surface area contributed by atoms with Crippen LogP contribution in [0.5, 0.6) is 0 Å². The van der Waals surface area contributed by atoms with Crippen molar-refractivity contribution in [2.45, 2.75) is 52.0 Å². The summed E-state index contributed by atoms with van der Waals surface area (Å²) in [4.78, 5) is 49.3. The van der Waals surface area contributed by atoms with E-state index in [1.165, 1.54) is 4.90 Å². The Labute approximate surface area is 175 Å². The highest BCUT2D eigenvalue weighted by Gasteiger charge is 2.51. The zero-order valence-electron chi connectivity index (χ0n) is 17.3. The van der Waals surface area contributed by atoms with E-state index in [0.717, 1.165) is 29.8 Å². The van der Waals surface area contributed by atoms with Gasteiger partial charge in [-0.2, -0.15) is 0 Å². The number of hydrogen-bond donors (Lipinski definition) is 1. The van der Waals surface area contributed by atoms with E-state index < -0.39 is 11.9 Å². The molecule has 2 fully saturated rings. The van der Waals surface area contributed by atoms with Gasteiger partial charge in [-0.25, -0.2) is 9.97 Å². The van der Waals surface area contributed by atoms with Gasteiger partial charge < -0.3 is 0 Å². The summed E-state index contributed by atoms with van der Waals surface area (Å²) in [6.45, 7) is 3.65. The average molecular weight is 406 g/mol. The minimum absolute atomic E-state index is 0.187. The third-order valence-corrected chi connectivity index (χ3v) is 5.98. The lowest BCUT2D eigenvalue weighted by atomic mass is 9.81. The maximum Gasteiger partial charge on any atom is 0.250 e. The Morgan fingerprint density at radius 3 is 2.17 bits per heavy atom. The molecule has 30 heavy (non-hydrogen) atoms. The fraction of sp³-hybridized carbons (Fsp3) is 0.435. The van der Waals surface area contributed by atoms with Crippen LogP contribution in [-0.4, -0.2) is 38.6 Å². The summed E-state index contributed by atoms with van der Waals surface area (Å²) in [5.74, 6) is -1.29. The second-order valence-electron chi connectivity index (χ2n) is 8.21. The van der Waals surface area contributed by atoms with Gasteiger partial charge in [-0.3, -0.25) is 24.6 Å². The van der Waals surface area contributed by atoms with Gasteiger partial charge in [0.25, 0.3) is 0 Å². The third kappa shape index (κ3) is 3.97. The minimum Gasteiger partial charge on any atom is -0.293 e. The molecule has 0 radical (unpaired) electrons. The summed E-state index contributed by atoms with van der Waals surface area (Å²) in [6, 6.07) is 10.3. The quantitative estimate of drug-likeness (QED) is 0.771. The van der Waals surface area contributed by atoms with E-state index in [1.807, 2.05) is 50.2 Å². The number of fused-ring (bicyclic) bond motifs is 1. The van der Waals surface area contributed by atoms with E-state index >= 15 is 0 Å². The molecule has 1 aliphatic heterocycles. The molecule has 0 unspecified atom stereocenters. The molecule has 1 aliphatic carbocycles. The monoisotopic (exact) mass is 406 g/mol. The molecule has 0 bridgehead atoms. The van der Waals surface area contributed by atoms with Crippen LogP contribution in [0.2, 0.25) is 0 Å². The molecule has 156 valence electrons. The van der Waals surface area contributed by atoms with Gasteiger partial charge >= 0.3 is 0 Å². The van der Waals surface area contributed by atoms with Gasteiger partial charge in [0, 0.05) is 17.8 Å². The summed E-state index contributed by atoms with van der Waals surface area (Å²) < 4.78 is 0. The molecular formula is C23H26N4O3. The van der Waals surface area contributed by atoms with E-state index in [4.69, 9.17) is 0 Å². The van der Waals surface area contributed by atoms with Crippen LogP contribution in [0.1, 0.15) is 42.6 Å². The van der Waals surface area contributed by atoms with Crippen LogP contribution in [0.25, 0.3) is 0 Å². The predicted octanol–water partition coefficient (Wildman–Crippen LogP) is 2.82. The fourth-order valence-electron chi connectivity index (χ4n) is 4.61.